The minimum absolute atomic E-state index is 0.255. The van der Waals surface area contributed by atoms with Crippen molar-refractivity contribution in [3.8, 4) is 0 Å². The van der Waals surface area contributed by atoms with E-state index in [1.165, 1.54) is 17.6 Å². The molecule has 17 heavy (non-hydrogen) atoms. The van der Waals surface area contributed by atoms with Gasteiger partial charge in [0.15, 0.2) is 0 Å². The highest BCUT2D eigenvalue weighted by Gasteiger charge is 2.43. The summed E-state index contributed by atoms with van der Waals surface area (Å²) in [6, 6.07) is 0. The Hall–Kier alpha value is -1.05. The van der Waals surface area contributed by atoms with Gasteiger partial charge in [-0.1, -0.05) is 44.9 Å². The smallest absolute Gasteiger partial charge is 0.332 e. The van der Waals surface area contributed by atoms with Crippen molar-refractivity contribution in [1.82, 2.24) is 0 Å². The number of allylic oxidation sites excluding steroid dienone is 3. The fourth-order valence-corrected chi connectivity index (χ4v) is 3.23. The molecule has 2 aliphatic carbocycles. The van der Waals surface area contributed by atoms with E-state index in [2.05, 4.69) is 13.0 Å². The summed E-state index contributed by atoms with van der Waals surface area (Å²) in [4.78, 5) is 11.4. The van der Waals surface area contributed by atoms with Crippen LogP contribution in [0.5, 0.6) is 0 Å². The largest absolute Gasteiger partial charge is 0.478 e. The second-order valence-electron chi connectivity index (χ2n) is 6.33. The van der Waals surface area contributed by atoms with Gasteiger partial charge in [0.05, 0.1) is 0 Å². The van der Waals surface area contributed by atoms with Gasteiger partial charge in [-0.3, -0.25) is 0 Å². The number of carboxylic acid groups (broad SMARTS) is 1. The summed E-state index contributed by atoms with van der Waals surface area (Å²) in [5.41, 5.74) is 3.08. The van der Waals surface area contributed by atoms with Crippen LogP contribution < -0.4 is 0 Å². The summed E-state index contributed by atoms with van der Waals surface area (Å²) in [7, 11) is 0. The van der Waals surface area contributed by atoms with Crippen LogP contribution in [0.2, 0.25) is 0 Å². The molecule has 1 fully saturated rings. The molecule has 0 bridgehead atoms. The van der Waals surface area contributed by atoms with Crippen molar-refractivity contribution >= 4 is 5.97 Å². The lowest BCUT2D eigenvalue weighted by atomic mass is 9.65. The van der Waals surface area contributed by atoms with Gasteiger partial charge < -0.3 is 5.11 Å². The van der Waals surface area contributed by atoms with Crippen LogP contribution in [-0.2, 0) is 4.79 Å². The minimum Gasteiger partial charge on any atom is -0.478 e. The highest BCUT2D eigenvalue weighted by molar-refractivity contribution is 5.89. The molecule has 0 amide bonds. The molecule has 0 aromatic heterocycles. The Bertz CT molecular complexity index is 407. The zero-order valence-corrected chi connectivity index (χ0v) is 11.2. The summed E-state index contributed by atoms with van der Waals surface area (Å²) in [5.74, 6) is 0.385. The molecule has 0 saturated heterocycles. The van der Waals surface area contributed by atoms with Gasteiger partial charge in [-0.15, -0.1) is 0 Å². The zero-order valence-electron chi connectivity index (χ0n) is 11.2. The van der Waals surface area contributed by atoms with Crippen molar-refractivity contribution in [3.05, 3.63) is 22.8 Å². The molecular formula is C15H22O2. The van der Waals surface area contributed by atoms with Crippen molar-refractivity contribution < 1.29 is 9.90 Å². The van der Waals surface area contributed by atoms with Crippen LogP contribution >= 0.6 is 0 Å². The van der Waals surface area contributed by atoms with E-state index in [1.807, 2.05) is 20.8 Å². The normalized spacial score (nSPS) is 30.5. The Labute approximate surface area is 103 Å². The fourth-order valence-electron chi connectivity index (χ4n) is 3.23. The standard InChI is InChI=1S/C15H22O2/c1-5-9-6-10-8-12(11(10)7-9)13(14(16)17)15(2,3)4/h7,10-11H,5-6,8H2,1-4H3,(H,16,17)/t10-,11+/m1/s1. The number of carbonyl (C=O) groups is 1. The molecule has 1 N–H and O–H groups in total. The van der Waals surface area contributed by atoms with Gasteiger partial charge in [0.2, 0.25) is 0 Å². The molecular weight excluding hydrogens is 212 g/mol. The van der Waals surface area contributed by atoms with Crippen molar-refractivity contribution in [1.29, 1.82) is 0 Å². The highest BCUT2D eigenvalue weighted by Crippen LogP contribution is 2.53. The molecule has 0 aliphatic heterocycles. The molecule has 2 nitrogen and oxygen atoms in total. The van der Waals surface area contributed by atoms with Crippen LogP contribution in [0.25, 0.3) is 0 Å². The highest BCUT2D eigenvalue weighted by atomic mass is 16.4. The molecule has 0 unspecified atom stereocenters. The molecule has 2 rings (SSSR count). The van der Waals surface area contributed by atoms with Crippen LogP contribution in [0.4, 0.5) is 0 Å². The van der Waals surface area contributed by atoms with Crippen LogP contribution in [0.15, 0.2) is 22.8 Å². The lowest BCUT2D eigenvalue weighted by Gasteiger charge is -2.38. The molecule has 2 atom stereocenters. The summed E-state index contributed by atoms with van der Waals surface area (Å²) in [6.07, 6.45) is 5.60. The molecule has 0 aromatic carbocycles. The molecule has 0 aromatic rings. The van der Waals surface area contributed by atoms with Gasteiger partial charge in [0.1, 0.15) is 0 Å². The first-order valence-electron chi connectivity index (χ1n) is 6.51. The molecule has 2 heteroatoms. The first-order valence-corrected chi connectivity index (χ1v) is 6.51. The number of fused-ring (bicyclic) bond motifs is 1. The predicted molar refractivity (Wildman–Crippen MR) is 68.7 cm³/mol. The van der Waals surface area contributed by atoms with Crippen LogP contribution in [-0.4, -0.2) is 11.1 Å². The number of hydrogen-bond acceptors (Lipinski definition) is 1. The number of aliphatic carboxylic acids is 1. The maximum Gasteiger partial charge on any atom is 0.332 e. The predicted octanol–water partition coefficient (Wildman–Crippen LogP) is 3.79. The monoisotopic (exact) mass is 234 g/mol. The SMILES string of the molecule is CCC1=C[C@@H]2C(=C(C(=O)O)C(C)(C)C)C[C@H]2C1. The zero-order chi connectivity index (χ0) is 12.8. The van der Waals surface area contributed by atoms with Crippen LogP contribution in [0.1, 0.15) is 47.0 Å². The van der Waals surface area contributed by atoms with E-state index in [1.54, 1.807) is 0 Å². The Balaban J connectivity index is 2.34. The Kier molecular flexibility index (Phi) is 2.92. The minimum atomic E-state index is -0.732. The quantitative estimate of drug-likeness (QED) is 0.583. The van der Waals surface area contributed by atoms with E-state index < -0.39 is 5.97 Å². The molecule has 0 heterocycles. The van der Waals surface area contributed by atoms with Gasteiger partial charge in [-0.05, 0) is 30.6 Å². The lowest BCUT2D eigenvalue weighted by Crippen LogP contribution is -2.31. The van der Waals surface area contributed by atoms with E-state index in [0.29, 0.717) is 17.4 Å². The van der Waals surface area contributed by atoms with Crippen LogP contribution in [0.3, 0.4) is 0 Å². The third kappa shape index (κ3) is 2.05. The average Bonchev–Trinajstić information content (AvgIpc) is 2.49. The number of hydrogen-bond donors (Lipinski definition) is 1. The summed E-state index contributed by atoms with van der Waals surface area (Å²) < 4.78 is 0. The fraction of sp³-hybridized carbons (Fsp3) is 0.667. The molecule has 2 aliphatic rings. The Morgan fingerprint density at radius 1 is 1.41 bits per heavy atom. The second-order valence-corrected chi connectivity index (χ2v) is 6.33. The van der Waals surface area contributed by atoms with Gasteiger partial charge in [-0.2, -0.15) is 0 Å². The average molecular weight is 234 g/mol. The van der Waals surface area contributed by atoms with Gasteiger partial charge in [-0.25, -0.2) is 4.79 Å². The molecule has 94 valence electrons. The number of carboxylic acids is 1. The second kappa shape index (κ2) is 4.01. The van der Waals surface area contributed by atoms with Gasteiger partial charge >= 0.3 is 5.97 Å². The van der Waals surface area contributed by atoms with Crippen LogP contribution in [0, 0.1) is 17.3 Å². The van der Waals surface area contributed by atoms with E-state index in [4.69, 9.17) is 0 Å². The Morgan fingerprint density at radius 2 is 2.06 bits per heavy atom. The van der Waals surface area contributed by atoms with Crippen molar-refractivity contribution in [2.45, 2.75) is 47.0 Å². The summed E-state index contributed by atoms with van der Waals surface area (Å²) in [6.45, 7) is 8.17. The molecule has 0 radical (unpaired) electrons. The van der Waals surface area contributed by atoms with E-state index in [-0.39, 0.29) is 5.41 Å². The van der Waals surface area contributed by atoms with E-state index >= 15 is 0 Å². The molecule has 0 spiro atoms. The van der Waals surface area contributed by atoms with E-state index in [0.717, 1.165) is 12.8 Å². The summed E-state index contributed by atoms with van der Waals surface area (Å²) in [5, 5.41) is 9.41. The third-order valence-corrected chi connectivity index (χ3v) is 4.07. The Morgan fingerprint density at radius 3 is 2.53 bits per heavy atom. The topological polar surface area (TPSA) is 37.3 Å². The summed E-state index contributed by atoms with van der Waals surface area (Å²) >= 11 is 0. The van der Waals surface area contributed by atoms with Crippen molar-refractivity contribution in [2.24, 2.45) is 17.3 Å². The first-order chi connectivity index (χ1) is 7.84. The van der Waals surface area contributed by atoms with Crippen molar-refractivity contribution in [3.63, 3.8) is 0 Å². The van der Waals surface area contributed by atoms with Gasteiger partial charge in [0.25, 0.3) is 0 Å². The first kappa shape index (κ1) is 12.4. The molecule has 1 saturated carbocycles. The van der Waals surface area contributed by atoms with Gasteiger partial charge in [0, 0.05) is 11.5 Å². The number of rotatable bonds is 2. The lowest BCUT2D eigenvalue weighted by molar-refractivity contribution is -0.133. The van der Waals surface area contributed by atoms with E-state index in [9.17, 15) is 9.90 Å². The maximum atomic E-state index is 11.4. The third-order valence-electron chi connectivity index (χ3n) is 4.07. The van der Waals surface area contributed by atoms with Crippen molar-refractivity contribution in [2.75, 3.05) is 0 Å². The maximum absolute atomic E-state index is 11.4.